The Morgan fingerprint density at radius 2 is 1.93 bits per heavy atom. The molecule has 0 aromatic heterocycles. The average Bonchev–Trinajstić information content (AvgIpc) is 2.61. The average molecular weight is 364 g/mol. The predicted octanol–water partition coefficient (Wildman–Crippen LogP) is 4.57. The molecule has 0 aliphatic rings. The third-order valence-electron chi connectivity index (χ3n) is 3.86. The van der Waals surface area contributed by atoms with Crippen LogP contribution in [0.5, 0.6) is 0 Å². The van der Waals surface area contributed by atoms with Crippen LogP contribution in [0.1, 0.15) is 39.3 Å². The summed E-state index contributed by atoms with van der Waals surface area (Å²) in [5, 5.41) is 8.61. The second kappa shape index (κ2) is 9.80. The van der Waals surface area contributed by atoms with E-state index >= 15 is 0 Å². The fraction of sp³-hybridized carbons (Fsp3) is 0.348. The molecule has 2 aromatic rings. The van der Waals surface area contributed by atoms with Crippen molar-refractivity contribution in [3.63, 3.8) is 0 Å². The summed E-state index contributed by atoms with van der Waals surface area (Å²) in [5.74, 6) is 5.78. The second-order valence-corrected chi connectivity index (χ2v) is 7.28. The number of amides is 1. The molecule has 1 amide bonds. The molecule has 0 bridgehead atoms. The molecule has 27 heavy (non-hydrogen) atoms. The van der Waals surface area contributed by atoms with Crippen molar-refractivity contribution in [3.8, 4) is 11.8 Å². The first-order valence-electron chi connectivity index (χ1n) is 9.18. The van der Waals surface area contributed by atoms with Crippen LogP contribution in [-0.4, -0.2) is 24.8 Å². The highest BCUT2D eigenvalue weighted by molar-refractivity contribution is 5.86. The highest BCUT2D eigenvalue weighted by Gasteiger charge is 2.14. The minimum absolute atomic E-state index is 0.238. The van der Waals surface area contributed by atoms with Gasteiger partial charge in [0, 0.05) is 12.6 Å². The van der Waals surface area contributed by atoms with Crippen LogP contribution in [0.15, 0.2) is 54.6 Å². The summed E-state index contributed by atoms with van der Waals surface area (Å²) in [6.45, 7) is 8.62. The summed E-state index contributed by atoms with van der Waals surface area (Å²) < 4.78 is 5.14. The number of fused-ring (bicyclic) bond motifs is 1. The standard InChI is InChI=1S/C23H28N2O2/c1-18(20-15-11-13-19-12-7-8-14-21(19)20)24-16-9-5-6-10-17-25-22(26)27-23(2,3)4/h5,7-9,11-15,18,24H,16-17H2,1-4H3,(H,25,26)/t18-/m1/s1. The molecule has 0 fully saturated rings. The number of ether oxygens (including phenoxy) is 1. The van der Waals surface area contributed by atoms with Gasteiger partial charge >= 0.3 is 6.09 Å². The SMILES string of the molecule is C[C@@H](NCC=CC#CCNC(=O)OC(C)(C)C)c1cccc2ccccc12. The van der Waals surface area contributed by atoms with E-state index in [1.807, 2.05) is 26.8 Å². The number of benzene rings is 2. The van der Waals surface area contributed by atoms with Gasteiger partial charge in [-0.3, -0.25) is 0 Å². The Balaban J connectivity index is 1.75. The Labute approximate surface area is 162 Å². The van der Waals surface area contributed by atoms with E-state index in [-0.39, 0.29) is 12.6 Å². The minimum atomic E-state index is -0.496. The van der Waals surface area contributed by atoms with E-state index in [2.05, 4.69) is 71.9 Å². The van der Waals surface area contributed by atoms with Crippen molar-refractivity contribution in [1.82, 2.24) is 10.6 Å². The fourth-order valence-corrected chi connectivity index (χ4v) is 2.64. The van der Waals surface area contributed by atoms with Crippen LogP contribution >= 0.6 is 0 Å². The van der Waals surface area contributed by atoms with E-state index in [4.69, 9.17) is 4.74 Å². The van der Waals surface area contributed by atoms with E-state index in [0.717, 1.165) is 6.54 Å². The van der Waals surface area contributed by atoms with Crippen LogP contribution in [0.3, 0.4) is 0 Å². The fourth-order valence-electron chi connectivity index (χ4n) is 2.64. The van der Waals surface area contributed by atoms with E-state index in [1.165, 1.54) is 16.3 Å². The molecule has 142 valence electrons. The van der Waals surface area contributed by atoms with Crippen LogP contribution in [0.25, 0.3) is 10.8 Å². The number of alkyl carbamates (subject to hydrolysis) is 1. The normalized spacial score (nSPS) is 12.4. The van der Waals surface area contributed by atoms with Crippen molar-refractivity contribution < 1.29 is 9.53 Å². The molecule has 2 aromatic carbocycles. The Morgan fingerprint density at radius 1 is 1.19 bits per heavy atom. The molecule has 2 rings (SSSR count). The van der Waals surface area contributed by atoms with Gasteiger partial charge in [0.25, 0.3) is 0 Å². The van der Waals surface area contributed by atoms with Gasteiger partial charge in [0.15, 0.2) is 0 Å². The van der Waals surface area contributed by atoms with Crippen LogP contribution in [-0.2, 0) is 4.74 Å². The van der Waals surface area contributed by atoms with Crippen LogP contribution in [0.4, 0.5) is 4.79 Å². The number of hydrogen-bond donors (Lipinski definition) is 2. The topological polar surface area (TPSA) is 50.4 Å². The Morgan fingerprint density at radius 3 is 2.70 bits per heavy atom. The molecule has 0 heterocycles. The molecule has 4 nitrogen and oxygen atoms in total. The summed E-state index contributed by atoms with van der Waals surface area (Å²) in [6.07, 6.45) is 3.31. The molecule has 0 spiro atoms. The highest BCUT2D eigenvalue weighted by Crippen LogP contribution is 2.23. The Bertz CT molecular complexity index is 849. The Kier molecular flexibility index (Phi) is 7.45. The maximum Gasteiger partial charge on any atom is 0.408 e. The highest BCUT2D eigenvalue weighted by atomic mass is 16.6. The van der Waals surface area contributed by atoms with Gasteiger partial charge in [-0.1, -0.05) is 60.4 Å². The van der Waals surface area contributed by atoms with Crippen LogP contribution in [0, 0.1) is 11.8 Å². The van der Waals surface area contributed by atoms with E-state index in [9.17, 15) is 4.79 Å². The molecule has 0 saturated carbocycles. The first-order valence-corrected chi connectivity index (χ1v) is 9.18. The molecule has 1 atom stereocenters. The summed E-state index contributed by atoms with van der Waals surface area (Å²) in [7, 11) is 0. The number of allylic oxidation sites excluding steroid dienone is 1. The van der Waals surface area contributed by atoms with Crippen molar-refractivity contribution in [2.24, 2.45) is 0 Å². The molecule has 0 aliphatic carbocycles. The third kappa shape index (κ3) is 7.16. The van der Waals surface area contributed by atoms with E-state index in [0.29, 0.717) is 0 Å². The molecule has 0 unspecified atom stereocenters. The lowest BCUT2D eigenvalue weighted by atomic mass is 10.00. The first-order chi connectivity index (χ1) is 12.9. The lowest BCUT2D eigenvalue weighted by Gasteiger charge is -2.18. The quantitative estimate of drug-likeness (QED) is 0.764. The molecular formula is C23H28N2O2. The third-order valence-corrected chi connectivity index (χ3v) is 3.86. The molecule has 0 radical (unpaired) electrons. The van der Waals surface area contributed by atoms with Crippen molar-refractivity contribution >= 4 is 16.9 Å². The number of carbonyl (C=O) groups is 1. The van der Waals surface area contributed by atoms with E-state index < -0.39 is 11.7 Å². The maximum absolute atomic E-state index is 11.5. The zero-order chi connectivity index (χ0) is 19.7. The van der Waals surface area contributed by atoms with Gasteiger partial charge < -0.3 is 15.4 Å². The number of carbonyl (C=O) groups excluding carboxylic acids is 1. The second-order valence-electron chi connectivity index (χ2n) is 7.28. The van der Waals surface area contributed by atoms with Gasteiger partial charge in [0.1, 0.15) is 5.60 Å². The summed E-state index contributed by atoms with van der Waals surface area (Å²) >= 11 is 0. The van der Waals surface area contributed by atoms with Gasteiger partial charge in [0.2, 0.25) is 0 Å². The lowest BCUT2D eigenvalue weighted by Crippen LogP contribution is -2.32. The van der Waals surface area contributed by atoms with Gasteiger partial charge in [-0.05, 0) is 50.1 Å². The van der Waals surface area contributed by atoms with Crippen molar-refractivity contribution in [2.75, 3.05) is 13.1 Å². The summed E-state index contributed by atoms with van der Waals surface area (Å²) in [6, 6.07) is 15.0. The van der Waals surface area contributed by atoms with Gasteiger partial charge in [0.05, 0.1) is 6.54 Å². The number of hydrogen-bond acceptors (Lipinski definition) is 3. The van der Waals surface area contributed by atoms with Crippen molar-refractivity contribution in [3.05, 3.63) is 60.2 Å². The largest absolute Gasteiger partial charge is 0.444 e. The summed E-state index contributed by atoms with van der Waals surface area (Å²) in [5.41, 5.74) is 0.790. The monoisotopic (exact) mass is 364 g/mol. The van der Waals surface area contributed by atoms with Gasteiger partial charge in [-0.15, -0.1) is 0 Å². The smallest absolute Gasteiger partial charge is 0.408 e. The lowest BCUT2D eigenvalue weighted by molar-refractivity contribution is 0.0535. The maximum atomic E-state index is 11.5. The predicted molar refractivity (Wildman–Crippen MR) is 112 cm³/mol. The molecule has 2 N–H and O–H groups in total. The van der Waals surface area contributed by atoms with Gasteiger partial charge in [-0.2, -0.15) is 0 Å². The molecule has 0 saturated heterocycles. The first kappa shape index (κ1) is 20.5. The van der Waals surface area contributed by atoms with Crippen LogP contribution in [0.2, 0.25) is 0 Å². The van der Waals surface area contributed by atoms with Crippen molar-refractivity contribution in [1.29, 1.82) is 0 Å². The van der Waals surface area contributed by atoms with Gasteiger partial charge in [-0.25, -0.2) is 4.79 Å². The summed E-state index contributed by atoms with van der Waals surface area (Å²) in [4.78, 5) is 11.5. The molecular weight excluding hydrogens is 336 g/mol. The van der Waals surface area contributed by atoms with Crippen LogP contribution < -0.4 is 10.6 Å². The minimum Gasteiger partial charge on any atom is -0.444 e. The van der Waals surface area contributed by atoms with Crippen molar-refractivity contribution in [2.45, 2.75) is 39.3 Å². The molecule has 0 aliphatic heterocycles. The zero-order valence-electron chi connectivity index (χ0n) is 16.5. The number of nitrogens with one attached hydrogen (secondary N) is 2. The van der Waals surface area contributed by atoms with E-state index in [1.54, 1.807) is 6.08 Å². The molecule has 4 heteroatoms. The Hall–Kier alpha value is -2.77. The number of rotatable bonds is 5. The zero-order valence-corrected chi connectivity index (χ0v) is 16.5.